The number of piperazine rings is 1. The van der Waals surface area contributed by atoms with Gasteiger partial charge in [0.1, 0.15) is 11.6 Å². The molecule has 0 bridgehead atoms. The lowest BCUT2D eigenvalue weighted by atomic mass is 10.2. The third-order valence-electron chi connectivity index (χ3n) is 4.52. The second-order valence-corrected chi connectivity index (χ2v) is 8.66. The molecule has 4 rings (SSSR count). The lowest BCUT2D eigenvalue weighted by Gasteiger charge is -2.34. The monoisotopic (exact) mass is 391 g/mol. The third-order valence-corrected chi connectivity index (χ3v) is 6.12. The Balaban J connectivity index is 1.63. The molecule has 1 saturated heterocycles. The predicted octanol–water partition coefficient (Wildman–Crippen LogP) is 2.36. The summed E-state index contributed by atoms with van der Waals surface area (Å²) in [7, 11) is -3.15. The summed E-state index contributed by atoms with van der Waals surface area (Å²) in [5, 5.41) is 0.516. The van der Waals surface area contributed by atoms with E-state index in [0.29, 0.717) is 37.0 Å². The highest BCUT2D eigenvalue weighted by molar-refractivity contribution is 7.88. The second kappa shape index (κ2) is 6.53. The van der Waals surface area contributed by atoms with Crippen molar-refractivity contribution in [3.05, 3.63) is 41.6 Å². The van der Waals surface area contributed by atoms with Crippen molar-refractivity contribution in [1.29, 1.82) is 0 Å². The molecule has 0 amide bonds. The van der Waals surface area contributed by atoms with Gasteiger partial charge in [0.25, 0.3) is 0 Å². The number of H-pyrrole nitrogens is 1. The number of benzene rings is 1. The maximum atomic E-state index is 11.7. The van der Waals surface area contributed by atoms with Crippen molar-refractivity contribution in [3.8, 4) is 11.4 Å². The summed E-state index contributed by atoms with van der Waals surface area (Å²) in [4.78, 5) is 14.4. The minimum Gasteiger partial charge on any atom is -0.354 e. The Morgan fingerprint density at radius 2 is 1.88 bits per heavy atom. The number of sulfonamides is 1. The van der Waals surface area contributed by atoms with Crippen LogP contribution in [0.4, 0.5) is 5.82 Å². The van der Waals surface area contributed by atoms with Crippen LogP contribution < -0.4 is 4.90 Å². The Hall–Kier alpha value is -2.16. The molecular weight excluding hydrogens is 374 g/mol. The minimum atomic E-state index is -3.15. The van der Waals surface area contributed by atoms with Crippen molar-refractivity contribution in [2.45, 2.75) is 0 Å². The molecule has 1 N–H and O–H groups in total. The number of aromatic amines is 1. The van der Waals surface area contributed by atoms with Gasteiger partial charge >= 0.3 is 0 Å². The van der Waals surface area contributed by atoms with Crippen molar-refractivity contribution < 1.29 is 8.42 Å². The van der Waals surface area contributed by atoms with Crippen LogP contribution >= 0.6 is 11.6 Å². The Morgan fingerprint density at radius 3 is 2.58 bits per heavy atom. The predicted molar refractivity (Wildman–Crippen MR) is 103 cm³/mol. The largest absolute Gasteiger partial charge is 0.354 e. The SMILES string of the molecule is CS(=O)(=O)N1CCN(c2cc(-c3nc4ccccc4[nH]3)c(Cl)cn2)CC1. The normalized spacial score (nSPS) is 16.3. The topological polar surface area (TPSA) is 82.2 Å². The summed E-state index contributed by atoms with van der Waals surface area (Å²) in [6.45, 7) is 2.06. The van der Waals surface area contributed by atoms with E-state index in [0.717, 1.165) is 22.4 Å². The number of pyridine rings is 1. The van der Waals surface area contributed by atoms with E-state index in [4.69, 9.17) is 11.6 Å². The van der Waals surface area contributed by atoms with Crippen LogP contribution in [-0.4, -0.2) is 60.1 Å². The number of fused-ring (bicyclic) bond motifs is 1. The minimum absolute atomic E-state index is 0.448. The summed E-state index contributed by atoms with van der Waals surface area (Å²) in [5.74, 6) is 1.45. The average Bonchev–Trinajstić information content (AvgIpc) is 3.05. The van der Waals surface area contributed by atoms with Crippen LogP contribution in [0.25, 0.3) is 22.4 Å². The number of rotatable bonds is 3. The van der Waals surface area contributed by atoms with Gasteiger partial charge in [0.2, 0.25) is 10.0 Å². The van der Waals surface area contributed by atoms with E-state index in [1.807, 2.05) is 30.3 Å². The molecule has 0 saturated carbocycles. The van der Waals surface area contributed by atoms with E-state index in [-0.39, 0.29) is 0 Å². The lowest BCUT2D eigenvalue weighted by Crippen LogP contribution is -2.48. The summed E-state index contributed by atoms with van der Waals surface area (Å²) in [5.41, 5.74) is 2.59. The molecule has 136 valence electrons. The smallest absolute Gasteiger partial charge is 0.211 e. The number of hydrogen-bond donors (Lipinski definition) is 1. The zero-order valence-corrected chi connectivity index (χ0v) is 15.8. The average molecular weight is 392 g/mol. The van der Waals surface area contributed by atoms with Crippen molar-refractivity contribution >= 4 is 38.5 Å². The number of hydrogen-bond acceptors (Lipinski definition) is 5. The van der Waals surface area contributed by atoms with Gasteiger partial charge < -0.3 is 9.88 Å². The van der Waals surface area contributed by atoms with Gasteiger partial charge in [-0.15, -0.1) is 0 Å². The molecule has 2 aromatic heterocycles. The van der Waals surface area contributed by atoms with Crippen LogP contribution in [-0.2, 0) is 10.0 Å². The van der Waals surface area contributed by atoms with E-state index < -0.39 is 10.0 Å². The first-order valence-corrected chi connectivity index (χ1v) is 10.5. The molecule has 0 atom stereocenters. The van der Waals surface area contributed by atoms with Crippen LogP contribution in [0, 0.1) is 0 Å². The molecule has 9 heteroatoms. The number of aromatic nitrogens is 3. The van der Waals surface area contributed by atoms with Gasteiger partial charge in [-0.1, -0.05) is 23.7 Å². The quantitative estimate of drug-likeness (QED) is 0.741. The molecule has 0 radical (unpaired) electrons. The maximum absolute atomic E-state index is 11.7. The first-order valence-electron chi connectivity index (χ1n) is 8.22. The Morgan fingerprint density at radius 1 is 1.15 bits per heavy atom. The van der Waals surface area contributed by atoms with Crippen molar-refractivity contribution in [1.82, 2.24) is 19.3 Å². The van der Waals surface area contributed by atoms with Gasteiger partial charge in [-0.05, 0) is 18.2 Å². The number of anilines is 1. The number of halogens is 1. The van der Waals surface area contributed by atoms with Crippen LogP contribution in [0.3, 0.4) is 0 Å². The van der Waals surface area contributed by atoms with Crippen LogP contribution in [0.5, 0.6) is 0 Å². The van der Waals surface area contributed by atoms with Crippen molar-refractivity contribution in [2.75, 3.05) is 37.3 Å². The van der Waals surface area contributed by atoms with Crippen molar-refractivity contribution in [2.24, 2.45) is 0 Å². The zero-order chi connectivity index (χ0) is 18.3. The van der Waals surface area contributed by atoms with Crippen LogP contribution in [0.1, 0.15) is 0 Å². The molecular formula is C17H18ClN5O2S. The first kappa shape index (κ1) is 17.3. The standard InChI is InChI=1S/C17H18ClN5O2S/c1-26(24,25)23-8-6-22(7-9-23)16-10-12(13(18)11-19-16)17-20-14-4-2-3-5-15(14)21-17/h2-5,10-11H,6-9H2,1H3,(H,20,21). The number of imidazole rings is 1. The molecule has 1 aliphatic rings. The molecule has 3 aromatic rings. The van der Waals surface area contributed by atoms with Crippen molar-refractivity contribution in [3.63, 3.8) is 0 Å². The van der Waals surface area contributed by atoms with E-state index in [1.165, 1.54) is 10.6 Å². The fourth-order valence-corrected chi connectivity index (χ4v) is 4.13. The molecule has 1 aromatic carbocycles. The van der Waals surface area contributed by atoms with E-state index in [2.05, 4.69) is 19.9 Å². The van der Waals surface area contributed by atoms with Gasteiger partial charge in [0, 0.05) is 37.9 Å². The fourth-order valence-electron chi connectivity index (χ4n) is 3.11. The first-order chi connectivity index (χ1) is 12.4. The molecule has 26 heavy (non-hydrogen) atoms. The van der Waals surface area contributed by atoms with Gasteiger partial charge in [-0.2, -0.15) is 4.31 Å². The molecule has 0 unspecified atom stereocenters. The van der Waals surface area contributed by atoms with E-state index in [1.54, 1.807) is 6.20 Å². The molecule has 7 nitrogen and oxygen atoms in total. The Bertz CT molecular complexity index is 1020. The lowest BCUT2D eigenvalue weighted by molar-refractivity contribution is 0.387. The van der Waals surface area contributed by atoms with E-state index >= 15 is 0 Å². The summed E-state index contributed by atoms with van der Waals surface area (Å²) in [6, 6.07) is 9.69. The summed E-state index contributed by atoms with van der Waals surface area (Å²) < 4.78 is 24.8. The molecule has 1 aliphatic heterocycles. The highest BCUT2D eigenvalue weighted by atomic mass is 35.5. The van der Waals surface area contributed by atoms with Gasteiger partial charge in [-0.3, -0.25) is 0 Å². The molecule has 0 spiro atoms. The second-order valence-electron chi connectivity index (χ2n) is 6.27. The highest BCUT2D eigenvalue weighted by Crippen LogP contribution is 2.30. The highest BCUT2D eigenvalue weighted by Gasteiger charge is 2.24. The zero-order valence-electron chi connectivity index (χ0n) is 14.2. The summed E-state index contributed by atoms with van der Waals surface area (Å²) >= 11 is 6.35. The number of nitrogens with zero attached hydrogens (tertiary/aromatic N) is 4. The fraction of sp³-hybridized carbons (Fsp3) is 0.294. The number of para-hydroxylation sites is 2. The molecule has 0 aliphatic carbocycles. The molecule has 1 fully saturated rings. The van der Waals surface area contributed by atoms with Gasteiger partial charge in [0.05, 0.1) is 22.3 Å². The summed E-state index contributed by atoms with van der Waals surface area (Å²) in [6.07, 6.45) is 2.85. The van der Waals surface area contributed by atoms with Crippen LogP contribution in [0.15, 0.2) is 36.5 Å². The van der Waals surface area contributed by atoms with Gasteiger partial charge in [0.15, 0.2) is 0 Å². The Labute approximate surface area is 156 Å². The van der Waals surface area contributed by atoms with Gasteiger partial charge in [-0.25, -0.2) is 18.4 Å². The number of nitrogens with one attached hydrogen (secondary N) is 1. The van der Waals surface area contributed by atoms with E-state index in [9.17, 15) is 8.42 Å². The van der Waals surface area contributed by atoms with Crippen LogP contribution in [0.2, 0.25) is 5.02 Å². The third kappa shape index (κ3) is 3.27. The molecule has 3 heterocycles. The Kier molecular flexibility index (Phi) is 4.34. The maximum Gasteiger partial charge on any atom is 0.211 e.